The van der Waals surface area contributed by atoms with Crippen LogP contribution < -0.4 is 0 Å². The van der Waals surface area contributed by atoms with Crippen LogP contribution in [-0.2, 0) is 0 Å². The Kier molecular flexibility index (Phi) is 0.963. The van der Waals surface area contributed by atoms with E-state index in [1.54, 1.807) is 0 Å². The molecule has 2 fully saturated rings. The second kappa shape index (κ2) is 1.51. The Bertz CT molecular complexity index is 107. The molecule has 0 unspecified atom stereocenters. The Morgan fingerprint density at radius 2 is 1.44 bits per heavy atom. The lowest BCUT2D eigenvalue weighted by molar-refractivity contribution is -0.888. The highest BCUT2D eigenvalue weighted by molar-refractivity contribution is 4.83. The summed E-state index contributed by atoms with van der Waals surface area (Å²) in [5, 5.41) is 0. The fraction of sp³-hybridized carbons (Fsp3) is 0.875. The van der Waals surface area contributed by atoms with Crippen LogP contribution in [0.3, 0.4) is 0 Å². The Labute approximate surface area is 57.3 Å². The minimum absolute atomic E-state index is 0.928. The molecule has 2 aliphatic rings. The molecule has 0 aromatic carbocycles. The van der Waals surface area contributed by atoms with Gasteiger partial charge in [-0.25, -0.2) is 0 Å². The molecule has 2 saturated carbocycles. The fourth-order valence-electron chi connectivity index (χ4n) is 1.63. The largest absolute Gasteiger partial charge is 0.317 e. The molecule has 1 nitrogen and oxygen atoms in total. The molecule has 0 amide bonds. The molecule has 2 aliphatic carbocycles. The summed E-state index contributed by atoms with van der Waals surface area (Å²) in [7, 11) is 6.52. The zero-order chi connectivity index (χ0) is 6.48. The van der Waals surface area contributed by atoms with Crippen LogP contribution in [0.4, 0.5) is 0 Å². The Morgan fingerprint density at radius 1 is 1.11 bits per heavy atom. The predicted octanol–water partition coefficient (Wildman–Crippen LogP) is 1.55. The van der Waals surface area contributed by atoms with Crippen molar-refractivity contribution in [1.29, 1.82) is 0 Å². The van der Waals surface area contributed by atoms with Crippen molar-refractivity contribution in [1.82, 2.24) is 0 Å². The monoisotopic (exact) mass is 125 g/mol. The third-order valence-corrected chi connectivity index (χ3v) is 2.76. The second-order valence-corrected chi connectivity index (χ2v) is 3.81. The molecule has 0 bridgehead atoms. The van der Waals surface area contributed by atoms with Gasteiger partial charge in [-0.3, -0.25) is 0 Å². The molecular formula is C8H15N+. The molecule has 0 spiro atoms. The topological polar surface area (TPSA) is 0 Å². The predicted molar refractivity (Wildman–Crippen MR) is 37.6 cm³/mol. The van der Waals surface area contributed by atoms with Crippen LogP contribution in [0.2, 0.25) is 0 Å². The van der Waals surface area contributed by atoms with Gasteiger partial charge >= 0.3 is 0 Å². The first-order valence-electron chi connectivity index (χ1n) is 3.91. The van der Waals surface area contributed by atoms with E-state index in [1.807, 2.05) is 0 Å². The van der Waals surface area contributed by atoms with E-state index in [0.717, 1.165) is 16.6 Å². The summed E-state index contributed by atoms with van der Waals surface area (Å²) in [6.07, 6.45) is 5.71. The van der Waals surface area contributed by atoms with Gasteiger partial charge in [0.2, 0.25) is 0 Å². The summed E-state index contributed by atoms with van der Waals surface area (Å²) < 4.78 is 1.08. The molecule has 0 N–H and O–H groups in total. The van der Waals surface area contributed by atoms with Crippen molar-refractivity contribution < 1.29 is 4.48 Å². The average Bonchev–Trinajstić information content (AvgIpc) is 2.62. The van der Waals surface area contributed by atoms with Gasteiger partial charge in [0.05, 0.1) is 19.1 Å². The van der Waals surface area contributed by atoms with Crippen molar-refractivity contribution >= 4 is 0 Å². The van der Waals surface area contributed by atoms with Gasteiger partial charge in [-0.2, -0.15) is 0 Å². The molecular weight excluding hydrogens is 110 g/mol. The standard InChI is InChI=1S/C8H15N/c1-9(2,7-3-4-7)8-5-6-8/h7-8H,1,3-6H2,2H3/q+1. The maximum Gasteiger partial charge on any atom is 0.129 e. The molecule has 0 aliphatic heterocycles. The minimum atomic E-state index is 0.928. The summed E-state index contributed by atoms with van der Waals surface area (Å²) in [6, 6.07) is 1.86. The molecule has 2 rings (SSSR count). The van der Waals surface area contributed by atoms with Crippen molar-refractivity contribution in [3.8, 4) is 0 Å². The molecule has 9 heavy (non-hydrogen) atoms. The average molecular weight is 125 g/mol. The van der Waals surface area contributed by atoms with Gasteiger partial charge in [0.1, 0.15) is 7.05 Å². The van der Waals surface area contributed by atoms with E-state index in [2.05, 4.69) is 14.1 Å². The molecule has 51 valence electrons. The first kappa shape index (κ1) is 5.72. The van der Waals surface area contributed by atoms with Gasteiger partial charge < -0.3 is 4.48 Å². The van der Waals surface area contributed by atoms with Crippen LogP contribution >= 0.6 is 0 Å². The summed E-state index contributed by atoms with van der Waals surface area (Å²) in [4.78, 5) is 0. The third kappa shape index (κ3) is 0.877. The van der Waals surface area contributed by atoms with Gasteiger partial charge in [0.25, 0.3) is 0 Å². The van der Waals surface area contributed by atoms with E-state index in [9.17, 15) is 0 Å². The van der Waals surface area contributed by atoms with Crippen LogP contribution in [0, 0.1) is 7.05 Å². The lowest BCUT2D eigenvalue weighted by Crippen LogP contribution is -2.41. The molecule has 0 aromatic heterocycles. The van der Waals surface area contributed by atoms with Crippen LogP contribution in [0.15, 0.2) is 0 Å². The Morgan fingerprint density at radius 3 is 1.67 bits per heavy atom. The van der Waals surface area contributed by atoms with Crippen molar-refractivity contribution in [2.75, 3.05) is 7.05 Å². The molecule has 0 aromatic rings. The SMILES string of the molecule is [CH2][N+](C)(C1CC1)C1CC1. The maximum atomic E-state index is 4.23. The minimum Gasteiger partial charge on any atom is -0.317 e. The highest BCUT2D eigenvalue weighted by atomic mass is 15.4. The first-order valence-corrected chi connectivity index (χ1v) is 3.91. The molecule has 0 atom stereocenters. The third-order valence-electron chi connectivity index (χ3n) is 2.76. The van der Waals surface area contributed by atoms with Gasteiger partial charge in [0, 0.05) is 25.7 Å². The van der Waals surface area contributed by atoms with Crippen LogP contribution in [-0.4, -0.2) is 23.6 Å². The van der Waals surface area contributed by atoms with Crippen molar-refractivity contribution in [3.05, 3.63) is 7.05 Å². The normalized spacial score (nSPS) is 28.7. The summed E-state index contributed by atoms with van der Waals surface area (Å²) >= 11 is 0. The fourth-order valence-corrected chi connectivity index (χ4v) is 1.63. The van der Waals surface area contributed by atoms with Crippen LogP contribution in [0.25, 0.3) is 0 Å². The zero-order valence-electron chi connectivity index (χ0n) is 6.14. The van der Waals surface area contributed by atoms with Gasteiger partial charge in [-0.15, -0.1) is 0 Å². The second-order valence-electron chi connectivity index (χ2n) is 3.81. The lowest BCUT2D eigenvalue weighted by Gasteiger charge is -2.29. The summed E-state index contributed by atoms with van der Waals surface area (Å²) in [5.74, 6) is 0. The van der Waals surface area contributed by atoms with E-state index >= 15 is 0 Å². The van der Waals surface area contributed by atoms with Crippen molar-refractivity contribution in [2.45, 2.75) is 37.8 Å². The number of hydrogen-bond donors (Lipinski definition) is 0. The first-order chi connectivity index (χ1) is 4.21. The smallest absolute Gasteiger partial charge is 0.129 e. The summed E-state index contributed by atoms with van der Waals surface area (Å²) in [6.45, 7) is 0. The van der Waals surface area contributed by atoms with E-state index in [0.29, 0.717) is 0 Å². The van der Waals surface area contributed by atoms with Gasteiger partial charge in [-0.05, 0) is 0 Å². The summed E-state index contributed by atoms with van der Waals surface area (Å²) in [5.41, 5.74) is 0. The number of hydrogen-bond acceptors (Lipinski definition) is 0. The zero-order valence-corrected chi connectivity index (χ0v) is 6.14. The number of quaternary nitrogens is 1. The van der Waals surface area contributed by atoms with Gasteiger partial charge in [0.15, 0.2) is 0 Å². The maximum absolute atomic E-state index is 4.23. The van der Waals surface area contributed by atoms with E-state index in [4.69, 9.17) is 0 Å². The van der Waals surface area contributed by atoms with Crippen molar-refractivity contribution in [2.24, 2.45) is 0 Å². The number of rotatable bonds is 2. The van der Waals surface area contributed by atoms with Crippen LogP contribution in [0.1, 0.15) is 25.7 Å². The van der Waals surface area contributed by atoms with Crippen LogP contribution in [0.5, 0.6) is 0 Å². The molecule has 1 heteroatoms. The number of nitrogens with zero attached hydrogens (tertiary/aromatic N) is 1. The lowest BCUT2D eigenvalue weighted by atomic mass is 10.4. The van der Waals surface area contributed by atoms with E-state index in [-0.39, 0.29) is 0 Å². The van der Waals surface area contributed by atoms with E-state index < -0.39 is 0 Å². The quantitative estimate of drug-likeness (QED) is 0.491. The Hall–Kier alpha value is -0.0400. The molecule has 0 heterocycles. The highest BCUT2D eigenvalue weighted by Gasteiger charge is 2.48. The Balaban J connectivity index is 2.01. The van der Waals surface area contributed by atoms with Gasteiger partial charge in [-0.1, -0.05) is 0 Å². The molecule has 0 saturated heterocycles. The van der Waals surface area contributed by atoms with Crippen molar-refractivity contribution in [3.63, 3.8) is 0 Å². The van der Waals surface area contributed by atoms with E-state index in [1.165, 1.54) is 25.7 Å². The highest BCUT2D eigenvalue weighted by Crippen LogP contribution is 2.41. The molecule has 1 radical (unpaired) electrons.